The first-order valence-electron chi connectivity index (χ1n) is 11.1. The number of rotatable bonds is 2. The summed E-state index contributed by atoms with van der Waals surface area (Å²) in [6.07, 6.45) is 0. The SMILES string of the molecule is c1ccc(-c2nc3ccccc3nc2N2c3ccccc3-c3cccc4cccc2c34)cc1. The number of benzene rings is 5. The third-order valence-corrected chi connectivity index (χ3v) is 6.37. The summed E-state index contributed by atoms with van der Waals surface area (Å²) in [5, 5.41) is 2.46. The molecule has 3 nitrogen and oxygen atoms in total. The van der Waals surface area contributed by atoms with Gasteiger partial charge in [-0.15, -0.1) is 0 Å². The van der Waals surface area contributed by atoms with Crippen molar-refractivity contribution in [2.75, 3.05) is 4.90 Å². The minimum Gasteiger partial charge on any atom is -0.292 e. The van der Waals surface area contributed by atoms with E-state index in [1.165, 1.54) is 21.9 Å². The van der Waals surface area contributed by atoms with Gasteiger partial charge >= 0.3 is 0 Å². The fourth-order valence-corrected chi connectivity index (χ4v) is 4.92. The Balaban J connectivity index is 1.63. The fourth-order valence-electron chi connectivity index (χ4n) is 4.92. The molecule has 0 saturated heterocycles. The summed E-state index contributed by atoms with van der Waals surface area (Å²) in [7, 11) is 0. The van der Waals surface area contributed by atoms with Gasteiger partial charge in [0.05, 0.1) is 22.4 Å². The maximum Gasteiger partial charge on any atom is 0.165 e. The van der Waals surface area contributed by atoms with Crippen LogP contribution in [0.25, 0.3) is 44.2 Å². The van der Waals surface area contributed by atoms with Gasteiger partial charge in [-0.2, -0.15) is 0 Å². The van der Waals surface area contributed by atoms with Gasteiger partial charge in [-0.3, -0.25) is 4.90 Å². The van der Waals surface area contributed by atoms with E-state index in [1.807, 2.05) is 30.3 Å². The van der Waals surface area contributed by atoms with Gasteiger partial charge in [0.2, 0.25) is 0 Å². The van der Waals surface area contributed by atoms with Crippen molar-refractivity contribution >= 4 is 39.0 Å². The Hall–Kier alpha value is -4.50. The summed E-state index contributed by atoms with van der Waals surface area (Å²) >= 11 is 0. The van der Waals surface area contributed by atoms with Crippen LogP contribution in [0.5, 0.6) is 0 Å². The van der Waals surface area contributed by atoms with Gasteiger partial charge in [0, 0.05) is 16.5 Å². The zero-order valence-electron chi connectivity index (χ0n) is 17.8. The molecule has 1 aromatic heterocycles. The number of nitrogens with zero attached hydrogens (tertiary/aromatic N) is 3. The minimum absolute atomic E-state index is 0.842. The molecule has 0 atom stereocenters. The second-order valence-electron chi connectivity index (χ2n) is 8.28. The van der Waals surface area contributed by atoms with Crippen molar-refractivity contribution in [3.63, 3.8) is 0 Å². The van der Waals surface area contributed by atoms with Crippen LogP contribution >= 0.6 is 0 Å². The summed E-state index contributed by atoms with van der Waals surface area (Å²) in [5.41, 5.74) is 8.41. The van der Waals surface area contributed by atoms with Crippen molar-refractivity contribution in [2.45, 2.75) is 0 Å². The first-order valence-corrected chi connectivity index (χ1v) is 11.1. The van der Waals surface area contributed by atoms with Crippen molar-refractivity contribution in [1.29, 1.82) is 0 Å². The van der Waals surface area contributed by atoms with Crippen molar-refractivity contribution in [1.82, 2.24) is 9.97 Å². The topological polar surface area (TPSA) is 29.0 Å². The standard InChI is InChI=1S/C30H19N3/c1-2-10-21(11-3-1)29-30(32-25-17-6-5-16-24(25)31-29)33-26-18-7-4-14-22(26)23-15-8-12-20-13-9-19-27(33)28(20)23/h1-19H. The van der Waals surface area contributed by atoms with Gasteiger partial charge in [0.15, 0.2) is 5.82 Å². The highest BCUT2D eigenvalue weighted by Crippen LogP contribution is 2.51. The van der Waals surface area contributed by atoms with Crippen LogP contribution in [0.15, 0.2) is 115 Å². The Morgan fingerprint density at radius 1 is 0.485 bits per heavy atom. The van der Waals surface area contributed by atoms with E-state index >= 15 is 0 Å². The second-order valence-corrected chi connectivity index (χ2v) is 8.28. The summed E-state index contributed by atoms with van der Waals surface area (Å²) < 4.78 is 0. The Kier molecular flexibility index (Phi) is 3.84. The number of fused-ring (bicyclic) bond motifs is 3. The van der Waals surface area contributed by atoms with E-state index in [9.17, 15) is 0 Å². The van der Waals surface area contributed by atoms with E-state index in [4.69, 9.17) is 9.97 Å². The molecule has 0 aliphatic carbocycles. The third kappa shape index (κ3) is 2.69. The van der Waals surface area contributed by atoms with Crippen LogP contribution in [0.4, 0.5) is 17.2 Å². The summed E-state index contributed by atoms with van der Waals surface area (Å²) in [4.78, 5) is 12.6. The minimum atomic E-state index is 0.842. The highest BCUT2D eigenvalue weighted by atomic mass is 15.2. The van der Waals surface area contributed by atoms with Crippen LogP contribution in [0.1, 0.15) is 0 Å². The Morgan fingerprint density at radius 3 is 1.97 bits per heavy atom. The molecular weight excluding hydrogens is 402 g/mol. The molecular formula is C30H19N3. The zero-order chi connectivity index (χ0) is 21.8. The molecule has 1 aliphatic heterocycles. The number of anilines is 3. The van der Waals surface area contributed by atoms with E-state index in [1.54, 1.807) is 0 Å². The number of hydrogen-bond donors (Lipinski definition) is 0. The number of para-hydroxylation sites is 3. The van der Waals surface area contributed by atoms with E-state index in [0.717, 1.165) is 39.5 Å². The molecule has 0 spiro atoms. The van der Waals surface area contributed by atoms with Crippen molar-refractivity contribution in [3.05, 3.63) is 115 Å². The Morgan fingerprint density at radius 2 is 1.12 bits per heavy atom. The van der Waals surface area contributed by atoms with E-state index in [2.05, 4.69) is 89.8 Å². The molecule has 7 rings (SSSR count). The highest BCUT2D eigenvalue weighted by molar-refractivity contribution is 6.14. The molecule has 6 aromatic rings. The van der Waals surface area contributed by atoms with Gasteiger partial charge in [-0.25, -0.2) is 9.97 Å². The van der Waals surface area contributed by atoms with Crippen LogP contribution in [0.3, 0.4) is 0 Å². The van der Waals surface area contributed by atoms with Crippen LogP contribution < -0.4 is 4.90 Å². The molecule has 1 aliphatic rings. The predicted molar refractivity (Wildman–Crippen MR) is 136 cm³/mol. The molecule has 0 fully saturated rings. The van der Waals surface area contributed by atoms with Crippen LogP contribution in [0, 0.1) is 0 Å². The first-order chi connectivity index (χ1) is 16.4. The molecule has 2 heterocycles. The van der Waals surface area contributed by atoms with E-state index in [-0.39, 0.29) is 0 Å². The molecule has 154 valence electrons. The average molecular weight is 422 g/mol. The van der Waals surface area contributed by atoms with Crippen molar-refractivity contribution in [2.24, 2.45) is 0 Å². The molecule has 3 heteroatoms. The Bertz CT molecular complexity index is 1670. The maximum atomic E-state index is 5.20. The van der Waals surface area contributed by atoms with Gasteiger partial charge in [0.25, 0.3) is 0 Å². The predicted octanol–water partition coefficient (Wildman–Crippen LogP) is 7.90. The fraction of sp³-hybridized carbons (Fsp3) is 0. The summed E-state index contributed by atoms with van der Waals surface area (Å²) in [6, 6.07) is 40.0. The lowest BCUT2D eigenvalue weighted by Gasteiger charge is -2.33. The molecule has 5 aromatic carbocycles. The lowest BCUT2D eigenvalue weighted by molar-refractivity contribution is 1.18. The number of aromatic nitrogens is 2. The normalized spacial score (nSPS) is 12.2. The van der Waals surface area contributed by atoms with E-state index in [0.29, 0.717) is 0 Å². The molecule has 0 unspecified atom stereocenters. The van der Waals surface area contributed by atoms with Crippen LogP contribution in [-0.2, 0) is 0 Å². The molecule has 33 heavy (non-hydrogen) atoms. The zero-order valence-corrected chi connectivity index (χ0v) is 17.8. The lowest BCUT2D eigenvalue weighted by Crippen LogP contribution is -2.17. The summed E-state index contributed by atoms with van der Waals surface area (Å²) in [6.45, 7) is 0. The van der Waals surface area contributed by atoms with Crippen LogP contribution in [0.2, 0.25) is 0 Å². The lowest BCUT2D eigenvalue weighted by atomic mass is 9.91. The third-order valence-electron chi connectivity index (χ3n) is 6.37. The van der Waals surface area contributed by atoms with Crippen LogP contribution in [-0.4, -0.2) is 9.97 Å². The maximum absolute atomic E-state index is 5.20. The summed E-state index contributed by atoms with van der Waals surface area (Å²) in [5.74, 6) is 0.842. The molecule has 0 saturated carbocycles. The number of hydrogen-bond acceptors (Lipinski definition) is 3. The molecule has 0 amide bonds. The molecule has 0 bridgehead atoms. The monoisotopic (exact) mass is 421 g/mol. The second kappa shape index (κ2) is 7.01. The smallest absolute Gasteiger partial charge is 0.165 e. The van der Waals surface area contributed by atoms with Gasteiger partial charge in [-0.1, -0.05) is 91.0 Å². The highest BCUT2D eigenvalue weighted by Gasteiger charge is 2.29. The van der Waals surface area contributed by atoms with E-state index < -0.39 is 0 Å². The van der Waals surface area contributed by atoms with Gasteiger partial charge < -0.3 is 0 Å². The average Bonchev–Trinajstić information content (AvgIpc) is 2.89. The van der Waals surface area contributed by atoms with Gasteiger partial charge in [0.1, 0.15) is 5.69 Å². The van der Waals surface area contributed by atoms with Crippen molar-refractivity contribution in [3.8, 4) is 22.4 Å². The van der Waals surface area contributed by atoms with Crippen molar-refractivity contribution < 1.29 is 0 Å². The largest absolute Gasteiger partial charge is 0.292 e. The first kappa shape index (κ1) is 18.1. The van der Waals surface area contributed by atoms with Gasteiger partial charge in [-0.05, 0) is 35.2 Å². The molecule has 0 radical (unpaired) electrons. The quantitative estimate of drug-likeness (QED) is 0.284. The Labute approximate surface area is 191 Å². The molecule has 0 N–H and O–H groups in total.